The Bertz CT molecular complexity index is 4960. The van der Waals surface area contributed by atoms with Crippen molar-refractivity contribution < 1.29 is 52.4 Å². The summed E-state index contributed by atoms with van der Waals surface area (Å²) in [5.74, 6) is 4.82. The van der Waals surface area contributed by atoms with Crippen molar-refractivity contribution in [1.29, 1.82) is 0 Å². The van der Waals surface area contributed by atoms with Crippen molar-refractivity contribution in [2.75, 3.05) is 180 Å². The first-order chi connectivity index (χ1) is 58.7. The molecule has 3 atom stereocenters. The molecular weight excluding hydrogens is 1520 g/mol. The van der Waals surface area contributed by atoms with Gasteiger partial charge in [-0.25, -0.2) is 9.37 Å². The molecule has 3 amide bonds. The van der Waals surface area contributed by atoms with Gasteiger partial charge in [-0.1, -0.05) is 81.4 Å². The lowest BCUT2D eigenvalue weighted by Gasteiger charge is -2.36. The Morgan fingerprint density at radius 1 is 0.433 bits per heavy atom. The van der Waals surface area contributed by atoms with Gasteiger partial charge in [0.15, 0.2) is 40.0 Å². The van der Waals surface area contributed by atoms with Gasteiger partial charge in [0.25, 0.3) is 17.7 Å². The second kappa shape index (κ2) is 42.0. The van der Waals surface area contributed by atoms with Crippen molar-refractivity contribution in [2.45, 2.75) is 104 Å². The van der Waals surface area contributed by atoms with Crippen LogP contribution in [0.5, 0.6) is 34.5 Å². The molecule has 6 aliphatic rings. The minimum absolute atomic E-state index is 0.0528. The second-order valence-electron chi connectivity index (χ2n) is 31.0. The van der Waals surface area contributed by atoms with Crippen LogP contribution in [0.2, 0.25) is 0 Å². The number of ether oxygens (including phenoxy) is 6. The zero-order chi connectivity index (χ0) is 84.0. The van der Waals surface area contributed by atoms with Crippen molar-refractivity contribution in [1.82, 2.24) is 44.4 Å². The van der Waals surface area contributed by atoms with Gasteiger partial charge < -0.3 is 88.4 Å². The minimum Gasteiger partial charge on any atom is -0.493 e. The van der Waals surface area contributed by atoms with Gasteiger partial charge in [0.1, 0.15) is 11.6 Å². The number of hydrogen-bond acceptors (Lipinski definition) is 20. The molecule has 0 aliphatic carbocycles. The number of likely N-dealkylation sites (N-methyl/N-ethyl adjacent to an activating group) is 3. The monoisotopic (exact) mass is 1630 g/mol. The van der Waals surface area contributed by atoms with Gasteiger partial charge in [0.2, 0.25) is 0 Å². The average molecular weight is 1640 g/mol. The van der Waals surface area contributed by atoms with E-state index in [4.69, 9.17) is 28.4 Å². The SMILES string of the molecule is CCN1CCN(c2cccc3c2CN([C@H](CCCN=c2ccccn2O)c2ccc(OC)c(OC)c2)C3=O)CC1.CCN1CCN(c2cccc3c2CN([C@H](CCCNCc2ccc(F)cc2)c2ccc(OC)c(OC)c2)C3=O)CC1.CCN1CCN(c2cccc3c2CN([C@H](CCCNc2ccccn2)c2ccc(OC)c(OC)c2)C3=O)CC1. The third kappa shape index (κ3) is 20.5. The zero-order valence-corrected chi connectivity index (χ0v) is 71.2. The van der Waals surface area contributed by atoms with Crippen molar-refractivity contribution in [3.05, 3.63) is 249 Å². The number of halogens is 1. The van der Waals surface area contributed by atoms with Crippen LogP contribution >= 0.6 is 0 Å². The van der Waals surface area contributed by atoms with Crippen molar-refractivity contribution >= 4 is 40.6 Å². The zero-order valence-electron chi connectivity index (χ0n) is 71.2. The lowest BCUT2D eigenvalue weighted by Crippen LogP contribution is -2.46. The van der Waals surface area contributed by atoms with E-state index in [-0.39, 0.29) is 41.7 Å². The van der Waals surface area contributed by atoms with E-state index in [9.17, 15) is 24.0 Å². The number of pyridine rings is 2. The number of methoxy groups -OCH3 is 6. The molecule has 3 N–H and O–H groups in total. The molecule has 0 saturated carbocycles. The molecule has 120 heavy (non-hydrogen) atoms. The molecule has 0 bridgehead atoms. The predicted molar refractivity (Wildman–Crippen MR) is 469 cm³/mol. The molecule has 0 radical (unpaired) electrons. The van der Waals surface area contributed by atoms with Gasteiger partial charge in [0, 0.05) is 181 Å². The van der Waals surface area contributed by atoms with Gasteiger partial charge >= 0.3 is 0 Å². The second-order valence-corrected chi connectivity index (χ2v) is 31.0. The Morgan fingerprint density at radius 3 is 1.20 bits per heavy atom. The molecular formula is C95H119FN14O10. The summed E-state index contributed by atoms with van der Waals surface area (Å²) in [6.45, 7) is 26.4. The smallest absolute Gasteiger partial charge is 0.255 e. The van der Waals surface area contributed by atoms with Gasteiger partial charge in [-0.3, -0.25) is 19.4 Å². The van der Waals surface area contributed by atoms with Crippen LogP contribution in [0.4, 0.5) is 27.3 Å². The summed E-state index contributed by atoms with van der Waals surface area (Å²) in [7, 11) is 9.80. The summed E-state index contributed by atoms with van der Waals surface area (Å²) in [5, 5.41) is 16.9. The van der Waals surface area contributed by atoms with Gasteiger partial charge in [-0.15, -0.1) is 0 Å². The summed E-state index contributed by atoms with van der Waals surface area (Å²) >= 11 is 0. The Kier molecular flexibility index (Phi) is 30.3. The molecule has 2 aromatic heterocycles. The quantitative estimate of drug-likeness (QED) is 0.0258. The number of amides is 3. The number of carbonyl (C=O) groups excluding carboxylic acids is 3. The van der Waals surface area contributed by atoms with Crippen molar-refractivity contribution in [2.24, 2.45) is 4.99 Å². The van der Waals surface area contributed by atoms with Gasteiger partial charge in [-0.2, -0.15) is 4.73 Å². The molecule has 8 heterocycles. The molecule has 15 rings (SSSR count). The highest BCUT2D eigenvalue weighted by Gasteiger charge is 2.40. The Morgan fingerprint density at radius 2 is 0.825 bits per heavy atom. The molecule has 3 fully saturated rings. The standard InChI is InChI=1S/C33H41FN4O3.C31H39N5O4.C31H39N5O3/c1-4-36-17-19-37(20-18-36)30-8-5-7-27-28(30)23-38(33(27)39)29(25-12-15-31(40-2)32(21-25)41-3)9-6-16-35-22-24-10-13-26(34)14-11-24;1-4-33-17-19-34(20-18-33)27-10-7-9-24-25(27)22-35(31(24)37)26(23-13-14-28(39-2)29(21-23)40-3)11-8-15-32-30-12-5-6-16-36(30)38;1-4-34-17-19-35(20-18-34)27-10-7-9-24-25(27)22-36(31(24)37)26(11-8-16-33-30-12-5-6-15-32-30)23-13-14-28(38-2)29(21-23)39-3/h5,7-8,10-15,21,29,35H,4,6,9,16-20,22-23H2,1-3H3;5-7,9-10,12-14,16,21,26,38H,4,8,11,15,17-20,22H2,1-3H3;5-7,9-10,12-15,21,26H,4,8,11,16-20,22H2,1-3H3,(H,32,33)/t29-;2*26-/m111/s1. The highest BCUT2D eigenvalue weighted by molar-refractivity contribution is 6.02. The summed E-state index contributed by atoms with van der Waals surface area (Å²) in [5.41, 5.74) is 14.0. The fraction of sp³-hybridized carbons (Fsp3) is 0.421. The summed E-state index contributed by atoms with van der Waals surface area (Å²) in [6, 6.07) is 53.7. The van der Waals surface area contributed by atoms with Gasteiger partial charge in [-0.05, 0) is 196 Å². The first-order valence-electron chi connectivity index (χ1n) is 42.5. The van der Waals surface area contributed by atoms with E-state index in [1.165, 1.54) is 29.2 Å². The van der Waals surface area contributed by atoms with Crippen LogP contribution in [-0.2, 0) is 26.2 Å². The van der Waals surface area contributed by atoms with Gasteiger partial charge in [0.05, 0.1) is 60.8 Å². The molecule has 6 aliphatic heterocycles. The number of piperazine rings is 3. The minimum atomic E-state index is -0.228. The lowest BCUT2D eigenvalue weighted by molar-refractivity contribution is 0.0682. The maximum Gasteiger partial charge on any atom is 0.255 e. The van der Waals surface area contributed by atoms with E-state index < -0.39 is 0 Å². The number of nitrogens with zero attached hydrogens (tertiary/aromatic N) is 12. The highest BCUT2D eigenvalue weighted by atomic mass is 19.1. The number of rotatable bonds is 33. The Balaban J connectivity index is 0.000000156. The van der Waals surface area contributed by atoms with E-state index in [2.05, 4.69) is 95.0 Å². The van der Waals surface area contributed by atoms with E-state index in [1.54, 1.807) is 79.3 Å². The van der Waals surface area contributed by atoms with Crippen LogP contribution in [0, 0.1) is 5.82 Å². The number of benzene rings is 7. The Labute approximate surface area is 706 Å². The maximum atomic E-state index is 13.9. The largest absolute Gasteiger partial charge is 0.493 e. The predicted octanol–water partition coefficient (Wildman–Crippen LogP) is 14.0. The summed E-state index contributed by atoms with van der Waals surface area (Å²) in [4.78, 5) is 71.4. The van der Waals surface area contributed by atoms with E-state index in [0.29, 0.717) is 79.1 Å². The third-order valence-corrected chi connectivity index (χ3v) is 24.3. The fourth-order valence-electron chi connectivity index (χ4n) is 17.5. The number of hydrogen-bond donors (Lipinski definition) is 3. The molecule has 9 aromatic rings. The number of aromatic nitrogens is 2. The summed E-state index contributed by atoms with van der Waals surface area (Å²) in [6.07, 6.45) is 8.13. The summed E-state index contributed by atoms with van der Waals surface area (Å²) < 4.78 is 47.5. The molecule has 636 valence electrons. The normalized spacial score (nSPS) is 16.4. The van der Waals surface area contributed by atoms with E-state index >= 15 is 0 Å². The molecule has 7 aromatic carbocycles. The molecule has 0 spiro atoms. The van der Waals surface area contributed by atoms with E-state index in [0.717, 1.165) is 210 Å². The van der Waals surface area contributed by atoms with Crippen LogP contribution in [0.15, 0.2) is 187 Å². The number of carbonyl (C=O) groups is 3. The molecule has 25 heteroatoms. The number of anilines is 4. The van der Waals surface area contributed by atoms with Crippen LogP contribution in [0.25, 0.3) is 0 Å². The fourth-order valence-corrected chi connectivity index (χ4v) is 17.5. The topological polar surface area (TPSA) is 210 Å². The van der Waals surface area contributed by atoms with Crippen LogP contribution < -0.4 is 59.2 Å². The lowest BCUT2D eigenvalue weighted by atomic mass is 9.99. The number of fused-ring (bicyclic) bond motifs is 3. The van der Waals surface area contributed by atoms with Crippen LogP contribution in [-0.4, -0.2) is 223 Å². The van der Waals surface area contributed by atoms with Crippen molar-refractivity contribution in [3.63, 3.8) is 0 Å². The average Bonchev–Trinajstić information content (AvgIpc) is 1.62. The van der Waals surface area contributed by atoms with Crippen LogP contribution in [0.3, 0.4) is 0 Å². The van der Waals surface area contributed by atoms with E-state index in [1.807, 2.05) is 124 Å². The molecule has 24 nitrogen and oxygen atoms in total. The van der Waals surface area contributed by atoms with Crippen molar-refractivity contribution in [3.8, 4) is 34.5 Å². The Hall–Kier alpha value is -11.4. The maximum absolute atomic E-state index is 13.9. The highest BCUT2D eigenvalue weighted by Crippen LogP contribution is 2.45. The number of nitrogens with one attached hydrogen (secondary N) is 2. The first kappa shape index (κ1) is 86.5. The first-order valence-corrected chi connectivity index (χ1v) is 42.5. The molecule has 0 unspecified atom stereocenters. The molecule has 3 saturated heterocycles. The van der Waals surface area contributed by atoms with Crippen LogP contribution in [0.1, 0.15) is 147 Å². The third-order valence-electron chi connectivity index (χ3n) is 24.3.